The summed E-state index contributed by atoms with van der Waals surface area (Å²) in [5, 5.41) is 0. The SMILES string of the molecule is P.[Zn].[c-]1ccccc1.[c-]1ccccc1.[c-]1ccccc1. The molecule has 0 nitrogen and oxygen atoms in total. The summed E-state index contributed by atoms with van der Waals surface area (Å²) in [6.07, 6.45) is 0. The van der Waals surface area contributed by atoms with E-state index in [0.717, 1.165) is 0 Å². The molecule has 20 heavy (non-hydrogen) atoms. The maximum Gasteiger partial charge on any atom is 0 e. The molecule has 1 atom stereocenters. The minimum Gasteiger partial charge on any atom is -0.184 e. The van der Waals surface area contributed by atoms with Gasteiger partial charge in [0, 0.05) is 19.5 Å². The third-order valence-electron chi connectivity index (χ3n) is 1.82. The molecule has 0 radical (unpaired) electrons. The van der Waals surface area contributed by atoms with Crippen LogP contribution in [0.25, 0.3) is 0 Å². The Labute approximate surface area is 138 Å². The molecule has 0 bridgehead atoms. The molecule has 0 aliphatic rings. The number of rotatable bonds is 0. The van der Waals surface area contributed by atoms with Crippen molar-refractivity contribution in [1.29, 1.82) is 0 Å². The van der Waals surface area contributed by atoms with Crippen LogP contribution in [0.15, 0.2) is 91.0 Å². The first-order valence-electron chi connectivity index (χ1n) is 5.73. The van der Waals surface area contributed by atoms with E-state index in [1.54, 1.807) is 0 Å². The van der Waals surface area contributed by atoms with Gasteiger partial charge in [0.15, 0.2) is 0 Å². The van der Waals surface area contributed by atoms with Gasteiger partial charge in [-0.05, 0) is 0 Å². The average Bonchev–Trinajstić information content (AvgIpc) is 2.54. The van der Waals surface area contributed by atoms with Gasteiger partial charge in [-0.1, -0.05) is 0 Å². The van der Waals surface area contributed by atoms with Gasteiger partial charge in [0.05, 0.1) is 0 Å². The van der Waals surface area contributed by atoms with E-state index in [1.165, 1.54) is 0 Å². The second-order valence-corrected chi connectivity index (χ2v) is 3.23. The predicted octanol–water partition coefficient (Wildman–Crippen LogP) is 4.52. The summed E-state index contributed by atoms with van der Waals surface area (Å²) in [5.41, 5.74) is 0. The molecule has 0 saturated carbocycles. The summed E-state index contributed by atoms with van der Waals surface area (Å²) in [4.78, 5) is 0. The minimum absolute atomic E-state index is 0. The van der Waals surface area contributed by atoms with E-state index in [4.69, 9.17) is 0 Å². The standard InChI is InChI=1S/3C6H5.H3P.Zn/c3*1-2-4-6-5-3-1;;/h3*1-5H;1H3;/q3*-1;;. The van der Waals surface area contributed by atoms with E-state index < -0.39 is 0 Å². The molecule has 0 aliphatic carbocycles. The summed E-state index contributed by atoms with van der Waals surface area (Å²) >= 11 is 0. The zero-order valence-corrected chi connectivity index (χ0v) is 16.0. The van der Waals surface area contributed by atoms with Crippen LogP contribution in [-0.4, -0.2) is 0 Å². The van der Waals surface area contributed by atoms with Crippen LogP contribution in [0.3, 0.4) is 0 Å². The summed E-state index contributed by atoms with van der Waals surface area (Å²) in [7, 11) is 0. The molecule has 0 aliphatic heterocycles. The molecule has 0 fully saturated rings. The van der Waals surface area contributed by atoms with Crippen molar-refractivity contribution in [3.63, 3.8) is 0 Å². The summed E-state index contributed by atoms with van der Waals surface area (Å²) in [6.45, 7) is 0. The molecule has 2 heteroatoms. The Morgan fingerprint density at radius 1 is 0.350 bits per heavy atom. The van der Waals surface area contributed by atoms with E-state index in [-0.39, 0.29) is 29.4 Å². The van der Waals surface area contributed by atoms with Gasteiger partial charge in [-0.2, -0.15) is 119 Å². The Bertz CT molecular complexity index is 302. The zero-order valence-electron chi connectivity index (χ0n) is 11.6. The molecule has 0 amide bonds. The van der Waals surface area contributed by atoms with Crippen molar-refractivity contribution >= 4 is 9.90 Å². The first-order valence-corrected chi connectivity index (χ1v) is 5.73. The van der Waals surface area contributed by atoms with Gasteiger partial charge in [0.1, 0.15) is 0 Å². The van der Waals surface area contributed by atoms with Gasteiger partial charge < -0.3 is 0 Å². The summed E-state index contributed by atoms with van der Waals surface area (Å²) < 4.78 is 0. The fourth-order valence-electron chi connectivity index (χ4n) is 1.03. The largest absolute Gasteiger partial charge is 0.184 e. The fraction of sp³-hybridized carbons (Fsp3) is 0. The summed E-state index contributed by atoms with van der Waals surface area (Å²) in [6, 6.07) is 37.5. The normalized spacial score (nSPS) is 7.20. The number of benzene rings is 3. The first-order chi connectivity index (χ1) is 9.00. The molecule has 0 saturated heterocycles. The third-order valence-corrected chi connectivity index (χ3v) is 1.82. The second-order valence-electron chi connectivity index (χ2n) is 3.23. The first kappa shape index (κ1) is 21.0. The van der Waals surface area contributed by atoms with Crippen LogP contribution in [0.5, 0.6) is 0 Å². The van der Waals surface area contributed by atoms with Crippen molar-refractivity contribution in [2.75, 3.05) is 0 Å². The van der Waals surface area contributed by atoms with Crippen LogP contribution >= 0.6 is 9.90 Å². The molecule has 0 N–H and O–H groups in total. The van der Waals surface area contributed by atoms with Gasteiger partial charge >= 0.3 is 0 Å². The number of hydrogen-bond donors (Lipinski definition) is 0. The zero-order chi connectivity index (χ0) is 12.7. The van der Waals surface area contributed by atoms with Gasteiger partial charge in [-0.15, -0.1) is 0 Å². The molecule has 3 rings (SSSR count). The van der Waals surface area contributed by atoms with E-state index in [2.05, 4.69) is 18.2 Å². The van der Waals surface area contributed by atoms with E-state index in [0.29, 0.717) is 0 Å². The fourth-order valence-corrected chi connectivity index (χ4v) is 1.03. The Kier molecular flexibility index (Phi) is 18.6. The van der Waals surface area contributed by atoms with Crippen molar-refractivity contribution in [2.24, 2.45) is 0 Å². The Balaban J connectivity index is 0. The maximum absolute atomic E-state index is 2.89. The average molecular weight is 331 g/mol. The smallest absolute Gasteiger partial charge is 0 e. The topological polar surface area (TPSA) is 0 Å². The maximum atomic E-state index is 2.89. The Morgan fingerprint density at radius 2 is 0.550 bits per heavy atom. The third kappa shape index (κ3) is 14.8. The second kappa shape index (κ2) is 17.7. The van der Waals surface area contributed by atoms with Crippen molar-refractivity contribution in [1.82, 2.24) is 0 Å². The Hall–Kier alpha value is -1.29. The molecular weight excluding hydrogens is 313 g/mol. The van der Waals surface area contributed by atoms with E-state index in [1.807, 2.05) is 91.0 Å². The number of hydrogen-bond acceptors (Lipinski definition) is 0. The van der Waals surface area contributed by atoms with Crippen LogP contribution in [0.1, 0.15) is 0 Å². The molecule has 0 heterocycles. The quantitative estimate of drug-likeness (QED) is 0.323. The van der Waals surface area contributed by atoms with Gasteiger partial charge in [0.2, 0.25) is 0 Å². The molecule has 0 spiro atoms. The van der Waals surface area contributed by atoms with Crippen LogP contribution < -0.4 is 0 Å². The van der Waals surface area contributed by atoms with Crippen molar-refractivity contribution < 1.29 is 19.5 Å². The van der Waals surface area contributed by atoms with E-state index in [9.17, 15) is 0 Å². The predicted molar refractivity (Wildman–Crippen MR) is 86.9 cm³/mol. The van der Waals surface area contributed by atoms with Crippen molar-refractivity contribution in [3.05, 3.63) is 109 Å². The van der Waals surface area contributed by atoms with Crippen LogP contribution in [0.4, 0.5) is 0 Å². The van der Waals surface area contributed by atoms with Gasteiger partial charge in [0.25, 0.3) is 0 Å². The molecular formula is C18H18PZn-3. The molecule has 100 valence electrons. The van der Waals surface area contributed by atoms with Crippen LogP contribution in [0, 0.1) is 18.2 Å². The summed E-state index contributed by atoms with van der Waals surface area (Å²) in [5.74, 6) is 0. The molecule has 3 aromatic rings. The minimum atomic E-state index is 0. The van der Waals surface area contributed by atoms with Gasteiger partial charge in [-0.3, -0.25) is 0 Å². The van der Waals surface area contributed by atoms with Crippen molar-refractivity contribution in [2.45, 2.75) is 0 Å². The van der Waals surface area contributed by atoms with Crippen LogP contribution in [-0.2, 0) is 19.5 Å². The van der Waals surface area contributed by atoms with Gasteiger partial charge in [-0.25, -0.2) is 0 Å². The molecule has 3 aromatic carbocycles. The van der Waals surface area contributed by atoms with Crippen molar-refractivity contribution in [3.8, 4) is 0 Å². The van der Waals surface area contributed by atoms with Crippen LogP contribution in [0.2, 0.25) is 0 Å². The Morgan fingerprint density at radius 3 is 0.600 bits per heavy atom. The molecule has 0 aromatic heterocycles. The van der Waals surface area contributed by atoms with E-state index >= 15 is 0 Å². The molecule has 1 unspecified atom stereocenters. The monoisotopic (exact) mass is 329 g/mol.